The van der Waals surface area contributed by atoms with Gasteiger partial charge in [-0.3, -0.25) is 20.7 Å². The van der Waals surface area contributed by atoms with Crippen molar-refractivity contribution < 1.29 is 19.1 Å². The molecule has 0 atom stereocenters. The third-order valence-electron chi connectivity index (χ3n) is 7.78. The summed E-state index contributed by atoms with van der Waals surface area (Å²) in [7, 11) is 0. The fourth-order valence-electron chi connectivity index (χ4n) is 5.51. The van der Waals surface area contributed by atoms with E-state index in [2.05, 4.69) is 25.3 Å². The Balaban J connectivity index is 1.10. The van der Waals surface area contributed by atoms with Gasteiger partial charge in [-0.2, -0.15) is 0 Å². The molecule has 3 fully saturated rings. The van der Waals surface area contributed by atoms with Crippen molar-refractivity contribution in [3.8, 4) is 5.75 Å². The third kappa shape index (κ3) is 4.29. The van der Waals surface area contributed by atoms with Crippen molar-refractivity contribution in [3.63, 3.8) is 0 Å². The Morgan fingerprint density at radius 1 is 1.11 bits per heavy atom. The minimum absolute atomic E-state index is 0.0931. The number of hydrogen-bond acceptors (Lipinski definition) is 9. The molecule has 2 saturated heterocycles. The van der Waals surface area contributed by atoms with Gasteiger partial charge in [0, 0.05) is 23.3 Å². The maximum atomic E-state index is 14.7. The molecular weight excluding hydrogens is 463 g/mol. The van der Waals surface area contributed by atoms with Gasteiger partial charge in [-0.25, -0.2) is 14.4 Å². The minimum Gasteiger partial charge on any atom is -0.482 e. The molecule has 9 nitrogen and oxygen atoms in total. The van der Waals surface area contributed by atoms with Gasteiger partial charge in [-0.15, -0.1) is 0 Å². The van der Waals surface area contributed by atoms with Crippen molar-refractivity contribution in [3.05, 3.63) is 53.2 Å². The first-order chi connectivity index (χ1) is 17.5. The van der Waals surface area contributed by atoms with E-state index in [1.807, 2.05) is 36.7 Å². The Kier molecular flexibility index (Phi) is 5.82. The lowest BCUT2D eigenvalue weighted by atomic mass is 9.69. The lowest BCUT2D eigenvalue weighted by molar-refractivity contribution is -0.165. The summed E-state index contributed by atoms with van der Waals surface area (Å²) < 4.78 is 26.7. The number of aryl methyl sites for hydroxylation is 2. The van der Waals surface area contributed by atoms with Gasteiger partial charge >= 0.3 is 0 Å². The highest BCUT2D eigenvalue weighted by Gasteiger charge is 2.49. The molecule has 0 aromatic carbocycles. The minimum atomic E-state index is -0.297. The highest BCUT2D eigenvalue weighted by molar-refractivity contribution is 5.87. The number of halogens is 1. The van der Waals surface area contributed by atoms with Crippen LogP contribution in [0.2, 0.25) is 0 Å². The van der Waals surface area contributed by atoms with Crippen LogP contribution < -0.4 is 15.5 Å². The zero-order valence-electron chi connectivity index (χ0n) is 20.2. The standard InChI is InChI=1S/C26H29FN6O3/c1-16-2-4-20-23(30-16)18(19(27)13-28-20)6-7-26-10-8-25(9-11-26,15-36-26)29-12-17-3-5-21-24(31-17)32-22(33-34)14-35-21/h2-5,13,29,34H,6-12,14-15H2,1H3,(H,31,32,33). The molecule has 10 heteroatoms. The van der Waals surface area contributed by atoms with Crippen LogP contribution in [-0.4, -0.2) is 50.3 Å². The molecule has 3 aliphatic heterocycles. The van der Waals surface area contributed by atoms with E-state index in [4.69, 9.17) is 14.7 Å². The number of hydroxylamine groups is 1. The molecule has 0 unspecified atom stereocenters. The van der Waals surface area contributed by atoms with Crippen molar-refractivity contribution in [2.75, 3.05) is 13.2 Å². The molecule has 3 aromatic rings. The summed E-state index contributed by atoms with van der Waals surface area (Å²) in [5.41, 5.74) is 5.43. The molecule has 0 radical (unpaired) electrons. The van der Waals surface area contributed by atoms with Crippen LogP contribution in [0.1, 0.15) is 49.1 Å². The number of aromatic nitrogens is 3. The molecule has 4 aliphatic rings. The molecule has 188 valence electrons. The van der Waals surface area contributed by atoms with E-state index in [0.717, 1.165) is 49.0 Å². The first kappa shape index (κ1) is 23.2. The highest BCUT2D eigenvalue weighted by atomic mass is 19.1. The molecule has 2 bridgehead atoms. The number of nitrogens with zero attached hydrogens (tertiary/aromatic N) is 4. The predicted molar refractivity (Wildman–Crippen MR) is 131 cm³/mol. The van der Waals surface area contributed by atoms with Crippen molar-refractivity contribution in [1.29, 1.82) is 0 Å². The number of fused-ring (bicyclic) bond motifs is 5. The average Bonchev–Trinajstić information content (AvgIpc) is 2.92. The molecule has 6 heterocycles. The van der Waals surface area contributed by atoms with E-state index in [1.165, 1.54) is 6.20 Å². The molecule has 36 heavy (non-hydrogen) atoms. The second-order valence-electron chi connectivity index (χ2n) is 10.1. The lowest BCUT2D eigenvalue weighted by Crippen LogP contribution is -2.61. The number of aliphatic imine (C=N–C) groups is 1. The van der Waals surface area contributed by atoms with Crippen LogP contribution in [0.3, 0.4) is 0 Å². The van der Waals surface area contributed by atoms with Crippen molar-refractivity contribution in [2.45, 2.75) is 63.1 Å². The average molecular weight is 493 g/mol. The van der Waals surface area contributed by atoms with Crippen LogP contribution in [0.5, 0.6) is 5.75 Å². The first-order valence-electron chi connectivity index (χ1n) is 12.4. The number of rotatable bonds is 6. The SMILES string of the molecule is Cc1ccc2ncc(F)c(CCC34CCC(NCc5ccc6c(n5)N=C(NO)CO6)(CC3)CO4)c2n1. The Morgan fingerprint density at radius 3 is 2.75 bits per heavy atom. The van der Waals surface area contributed by atoms with E-state index < -0.39 is 0 Å². The van der Waals surface area contributed by atoms with Crippen LogP contribution in [0.15, 0.2) is 35.5 Å². The van der Waals surface area contributed by atoms with Gasteiger partial charge in [0.1, 0.15) is 12.4 Å². The fourth-order valence-corrected chi connectivity index (χ4v) is 5.51. The number of amidine groups is 1. The third-order valence-corrected chi connectivity index (χ3v) is 7.78. The van der Waals surface area contributed by atoms with Gasteiger partial charge in [0.25, 0.3) is 0 Å². The summed E-state index contributed by atoms with van der Waals surface area (Å²) in [6, 6.07) is 7.58. The molecule has 7 rings (SSSR count). The molecular formula is C26H29FN6O3. The largest absolute Gasteiger partial charge is 0.482 e. The molecule has 1 aliphatic carbocycles. The first-order valence-corrected chi connectivity index (χ1v) is 12.4. The number of pyridine rings is 3. The van der Waals surface area contributed by atoms with Gasteiger partial charge in [-0.05, 0) is 69.7 Å². The second-order valence-corrected chi connectivity index (χ2v) is 10.1. The van der Waals surface area contributed by atoms with Crippen LogP contribution >= 0.6 is 0 Å². The molecule has 3 aromatic heterocycles. The topological polar surface area (TPSA) is 114 Å². The highest BCUT2D eigenvalue weighted by Crippen LogP contribution is 2.46. The quantitative estimate of drug-likeness (QED) is 0.447. The monoisotopic (exact) mass is 492 g/mol. The zero-order chi connectivity index (χ0) is 24.8. The fraction of sp³-hybridized carbons (Fsp3) is 0.462. The molecule has 0 spiro atoms. The van der Waals surface area contributed by atoms with E-state index in [9.17, 15) is 4.39 Å². The Morgan fingerprint density at radius 2 is 1.97 bits per heavy atom. The summed E-state index contributed by atoms with van der Waals surface area (Å²) in [5, 5.41) is 12.8. The molecule has 3 N–H and O–H groups in total. The van der Waals surface area contributed by atoms with E-state index in [-0.39, 0.29) is 23.6 Å². The summed E-state index contributed by atoms with van der Waals surface area (Å²) in [6.07, 6.45) is 6.49. The van der Waals surface area contributed by atoms with E-state index in [1.54, 1.807) is 0 Å². The maximum absolute atomic E-state index is 14.7. The summed E-state index contributed by atoms with van der Waals surface area (Å²) >= 11 is 0. The van der Waals surface area contributed by atoms with Gasteiger partial charge < -0.3 is 14.8 Å². The Hall–Kier alpha value is -3.21. The number of nitrogens with one attached hydrogen (secondary N) is 2. The van der Waals surface area contributed by atoms with Crippen molar-refractivity contribution in [1.82, 2.24) is 25.7 Å². The Labute approximate surface area is 208 Å². The normalized spacial score (nSPS) is 24.8. The van der Waals surface area contributed by atoms with Gasteiger partial charge in [0.05, 0.1) is 35.1 Å². The summed E-state index contributed by atoms with van der Waals surface area (Å²) in [4.78, 5) is 17.6. The zero-order valence-corrected chi connectivity index (χ0v) is 20.2. The predicted octanol–water partition coefficient (Wildman–Crippen LogP) is 3.68. The molecule has 1 saturated carbocycles. The lowest BCUT2D eigenvalue weighted by Gasteiger charge is -2.53. The van der Waals surface area contributed by atoms with Crippen LogP contribution in [0.25, 0.3) is 11.0 Å². The van der Waals surface area contributed by atoms with Crippen molar-refractivity contribution >= 4 is 22.7 Å². The maximum Gasteiger partial charge on any atom is 0.197 e. The van der Waals surface area contributed by atoms with Gasteiger partial charge in [0.2, 0.25) is 0 Å². The van der Waals surface area contributed by atoms with Crippen LogP contribution in [0, 0.1) is 12.7 Å². The van der Waals surface area contributed by atoms with Gasteiger partial charge in [0.15, 0.2) is 17.4 Å². The number of ether oxygens (including phenoxy) is 2. The summed E-state index contributed by atoms with van der Waals surface area (Å²) in [6.45, 7) is 3.30. The smallest absolute Gasteiger partial charge is 0.197 e. The van der Waals surface area contributed by atoms with Crippen LogP contribution in [0.4, 0.5) is 10.2 Å². The van der Waals surface area contributed by atoms with Crippen LogP contribution in [-0.2, 0) is 17.7 Å². The van der Waals surface area contributed by atoms with E-state index >= 15 is 0 Å². The Bertz CT molecular complexity index is 1320. The summed E-state index contributed by atoms with van der Waals surface area (Å²) in [5.74, 6) is 1.09. The van der Waals surface area contributed by atoms with Crippen molar-refractivity contribution in [2.24, 2.45) is 4.99 Å². The molecule has 0 amide bonds. The number of hydrogen-bond donors (Lipinski definition) is 3. The van der Waals surface area contributed by atoms with Gasteiger partial charge in [-0.1, -0.05) is 0 Å². The second kappa shape index (κ2) is 9.02. The van der Waals surface area contributed by atoms with E-state index in [0.29, 0.717) is 48.1 Å².